The second kappa shape index (κ2) is 6.05. The van der Waals surface area contributed by atoms with E-state index in [0.29, 0.717) is 30.2 Å². The predicted molar refractivity (Wildman–Crippen MR) is 68.6 cm³/mol. The Bertz CT molecular complexity index is 470. The summed E-state index contributed by atoms with van der Waals surface area (Å²) in [7, 11) is 1.63. The first-order valence-electron chi connectivity index (χ1n) is 5.67. The van der Waals surface area contributed by atoms with Crippen LogP contribution in [0.15, 0.2) is 9.95 Å². The second-order valence-electron chi connectivity index (χ2n) is 4.14. The molecule has 1 unspecified atom stereocenters. The van der Waals surface area contributed by atoms with Crippen molar-refractivity contribution in [2.75, 3.05) is 5.75 Å². The molecule has 0 aliphatic carbocycles. The van der Waals surface area contributed by atoms with Gasteiger partial charge >= 0.3 is 11.7 Å². The van der Waals surface area contributed by atoms with E-state index in [4.69, 9.17) is 10.8 Å². The van der Waals surface area contributed by atoms with Gasteiger partial charge < -0.3 is 10.8 Å². The highest BCUT2D eigenvalue weighted by Crippen LogP contribution is 2.19. The minimum atomic E-state index is -1.15. The van der Waals surface area contributed by atoms with Crippen LogP contribution in [0.25, 0.3) is 0 Å². The van der Waals surface area contributed by atoms with Gasteiger partial charge in [0.15, 0.2) is 5.16 Å². The molecule has 0 amide bonds. The third-order valence-electron chi connectivity index (χ3n) is 2.89. The van der Waals surface area contributed by atoms with Crippen molar-refractivity contribution in [2.45, 2.75) is 36.9 Å². The summed E-state index contributed by atoms with van der Waals surface area (Å²) in [6.45, 7) is 1.76. The normalized spacial score (nSPS) is 14.4. The molecule has 0 saturated heterocycles. The number of carbonyl (C=O) groups is 1. The van der Waals surface area contributed by atoms with Gasteiger partial charge in [0.2, 0.25) is 0 Å². The minimum Gasteiger partial charge on any atom is -0.480 e. The van der Waals surface area contributed by atoms with E-state index in [-0.39, 0.29) is 5.69 Å². The first kappa shape index (κ1) is 14.8. The number of aromatic amines is 1. The summed E-state index contributed by atoms with van der Waals surface area (Å²) in [5.74, 6) is -0.299. The van der Waals surface area contributed by atoms with Gasteiger partial charge in [-0.15, -0.1) is 5.10 Å². The van der Waals surface area contributed by atoms with Crippen molar-refractivity contribution in [1.29, 1.82) is 0 Å². The van der Waals surface area contributed by atoms with Crippen molar-refractivity contribution in [3.63, 3.8) is 0 Å². The van der Waals surface area contributed by atoms with Gasteiger partial charge in [-0.1, -0.05) is 18.7 Å². The maximum Gasteiger partial charge on any atom is 0.343 e. The fourth-order valence-corrected chi connectivity index (χ4v) is 2.31. The second-order valence-corrected chi connectivity index (χ2v) is 5.20. The Balaban J connectivity index is 2.41. The fourth-order valence-electron chi connectivity index (χ4n) is 1.45. The highest BCUT2D eigenvalue weighted by Gasteiger charge is 2.30. The molecule has 0 saturated carbocycles. The number of nitrogens with one attached hydrogen (secondary N) is 1. The lowest BCUT2D eigenvalue weighted by Crippen LogP contribution is -2.47. The van der Waals surface area contributed by atoms with Crippen LogP contribution in [0.3, 0.4) is 0 Å². The van der Waals surface area contributed by atoms with E-state index in [1.807, 2.05) is 0 Å². The molecular formula is C10H18N4O3S. The summed E-state index contributed by atoms with van der Waals surface area (Å²) >= 11 is 1.40. The zero-order valence-electron chi connectivity index (χ0n) is 10.5. The first-order chi connectivity index (χ1) is 8.40. The average Bonchev–Trinajstić information content (AvgIpc) is 2.65. The van der Waals surface area contributed by atoms with Crippen molar-refractivity contribution in [3.8, 4) is 0 Å². The Kier molecular flexibility index (Phi) is 4.97. The van der Waals surface area contributed by atoms with Crippen molar-refractivity contribution >= 4 is 17.7 Å². The van der Waals surface area contributed by atoms with Crippen LogP contribution in [0.2, 0.25) is 0 Å². The molecule has 7 nitrogen and oxygen atoms in total. The van der Waals surface area contributed by atoms with Gasteiger partial charge in [-0.3, -0.25) is 9.36 Å². The number of carboxylic acid groups (broad SMARTS) is 1. The van der Waals surface area contributed by atoms with Gasteiger partial charge in [-0.2, -0.15) is 0 Å². The molecule has 1 heterocycles. The van der Waals surface area contributed by atoms with E-state index in [0.717, 1.165) is 0 Å². The number of rotatable bonds is 7. The van der Waals surface area contributed by atoms with Crippen LogP contribution >= 0.6 is 11.8 Å². The van der Waals surface area contributed by atoms with Crippen LogP contribution in [-0.2, 0) is 11.8 Å². The maximum absolute atomic E-state index is 11.1. The first-order valence-corrected chi connectivity index (χ1v) is 6.65. The molecule has 1 rings (SSSR count). The van der Waals surface area contributed by atoms with Crippen molar-refractivity contribution in [2.24, 2.45) is 12.8 Å². The third kappa shape index (κ3) is 3.36. The van der Waals surface area contributed by atoms with Crippen molar-refractivity contribution in [1.82, 2.24) is 14.8 Å². The largest absolute Gasteiger partial charge is 0.480 e. The molecule has 0 radical (unpaired) electrons. The quantitative estimate of drug-likeness (QED) is 0.482. The summed E-state index contributed by atoms with van der Waals surface area (Å²) in [5, 5.41) is 15.8. The van der Waals surface area contributed by atoms with Crippen LogP contribution in [0, 0.1) is 0 Å². The van der Waals surface area contributed by atoms with E-state index in [9.17, 15) is 9.59 Å². The predicted octanol–water partition coefficient (Wildman–Crippen LogP) is 0.173. The number of carboxylic acids is 1. The van der Waals surface area contributed by atoms with E-state index in [1.54, 1.807) is 14.0 Å². The summed E-state index contributed by atoms with van der Waals surface area (Å²) in [6, 6.07) is 0. The molecule has 0 fully saturated rings. The van der Waals surface area contributed by atoms with E-state index >= 15 is 0 Å². The third-order valence-corrected chi connectivity index (χ3v) is 4.01. The SMILES string of the molecule is CCC(N)(CCCSc1n[nH]c(=O)n1C)C(=O)O. The molecule has 0 spiro atoms. The van der Waals surface area contributed by atoms with Gasteiger partial charge in [-0.05, 0) is 19.3 Å². The monoisotopic (exact) mass is 274 g/mol. The molecule has 1 atom stereocenters. The zero-order chi connectivity index (χ0) is 13.8. The van der Waals surface area contributed by atoms with Gasteiger partial charge in [0, 0.05) is 12.8 Å². The maximum atomic E-state index is 11.1. The van der Waals surface area contributed by atoms with Crippen LogP contribution in [0.5, 0.6) is 0 Å². The van der Waals surface area contributed by atoms with Crippen LogP contribution < -0.4 is 11.4 Å². The lowest BCUT2D eigenvalue weighted by Gasteiger charge is -2.22. The lowest BCUT2D eigenvalue weighted by atomic mass is 9.92. The summed E-state index contributed by atoms with van der Waals surface area (Å²) < 4.78 is 1.41. The Morgan fingerprint density at radius 3 is 2.78 bits per heavy atom. The Morgan fingerprint density at radius 1 is 1.67 bits per heavy atom. The molecule has 102 valence electrons. The van der Waals surface area contributed by atoms with Crippen molar-refractivity contribution < 1.29 is 9.90 Å². The Hall–Kier alpha value is -1.28. The molecule has 0 aliphatic heterocycles. The van der Waals surface area contributed by atoms with Crippen LogP contribution in [0.4, 0.5) is 0 Å². The molecule has 1 aromatic heterocycles. The molecule has 1 aromatic rings. The lowest BCUT2D eigenvalue weighted by molar-refractivity contribution is -0.143. The average molecular weight is 274 g/mol. The standard InChI is InChI=1S/C10H18N4O3S/c1-3-10(11,7(15)16)5-4-6-18-9-13-12-8(17)14(9)2/h3-6,11H2,1-2H3,(H,12,17)(H,15,16). The number of nitrogens with zero attached hydrogens (tertiary/aromatic N) is 2. The highest BCUT2D eigenvalue weighted by molar-refractivity contribution is 7.99. The zero-order valence-corrected chi connectivity index (χ0v) is 11.3. The number of aromatic nitrogens is 3. The van der Waals surface area contributed by atoms with E-state index in [2.05, 4.69) is 10.2 Å². The number of thioether (sulfide) groups is 1. The summed E-state index contributed by atoms with van der Waals surface area (Å²) in [5.41, 5.74) is 4.35. The van der Waals surface area contributed by atoms with E-state index in [1.165, 1.54) is 16.3 Å². The van der Waals surface area contributed by atoms with Gasteiger partial charge in [-0.25, -0.2) is 9.89 Å². The minimum absolute atomic E-state index is 0.259. The summed E-state index contributed by atoms with van der Waals surface area (Å²) in [6.07, 6.45) is 1.46. The molecule has 0 aliphatic rings. The Labute approximate surface area is 109 Å². The molecule has 18 heavy (non-hydrogen) atoms. The van der Waals surface area contributed by atoms with Gasteiger partial charge in [0.1, 0.15) is 5.54 Å². The number of hydrogen-bond donors (Lipinski definition) is 3. The van der Waals surface area contributed by atoms with Crippen LogP contribution in [0.1, 0.15) is 26.2 Å². The smallest absolute Gasteiger partial charge is 0.343 e. The fraction of sp³-hybridized carbons (Fsp3) is 0.700. The van der Waals surface area contributed by atoms with Crippen molar-refractivity contribution in [3.05, 3.63) is 10.5 Å². The topological polar surface area (TPSA) is 114 Å². The number of aliphatic carboxylic acids is 1. The van der Waals surface area contributed by atoms with Gasteiger partial charge in [0.05, 0.1) is 0 Å². The number of H-pyrrole nitrogens is 1. The number of hydrogen-bond acceptors (Lipinski definition) is 5. The summed E-state index contributed by atoms with van der Waals surface area (Å²) in [4.78, 5) is 22.1. The van der Waals surface area contributed by atoms with E-state index < -0.39 is 11.5 Å². The van der Waals surface area contributed by atoms with Gasteiger partial charge in [0.25, 0.3) is 0 Å². The Morgan fingerprint density at radius 2 is 2.33 bits per heavy atom. The molecule has 0 aromatic carbocycles. The molecule has 4 N–H and O–H groups in total. The molecular weight excluding hydrogens is 256 g/mol. The highest BCUT2D eigenvalue weighted by atomic mass is 32.2. The molecule has 0 bridgehead atoms. The van der Waals surface area contributed by atoms with Crippen LogP contribution in [-0.4, -0.2) is 37.1 Å². The number of nitrogens with two attached hydrogens (primary N) is 1. The molecule has 8 heteroatoms.